The van der Waals surface area contributed by atoms with Crippen molar-refractivity contribution in [3.05, 3.63) is 75.6 Å². The molecule has 2 aromatic carbocycles. The van der Waals surface area contributed by atoms with E-state index in [0.717, 1.165) is 34.0 Å². The second-order valence-corrected chi connectivity index (χ2v) is 6.96. The van der Waals surface area contributed by atoms with Gasteiger partial charge in [0.2, 0.25) is 0 Å². The van der Waals surface area contributed by atoms with Crippen LogP contribution in [-0.4, -0.2) is 15.7 Å². The molecule has 27 heavy (non-hydrogen) atoms. The fraction of sp³-hybridized carbons (Fsp3) is 0.238. The Morgan fingerprint density at radius 2 is 1.96 bits per heavy atom. The standard InChI is InChI=1S/C21H22ClN3O2/c1-13-10-18(22)8-9-19(13)27-12-16-6-5-7-17(11-16)21(26)23-20-14(2)24-25(4)15(20)3/h5-11H,12H2,1-4H3,(H,23,26). The van der Waals surface area contributed by atoms with Gasteiger partial charge in [0.15, 0.2) is 0 Å². The van der Waals surface area contributed by atoms with E-state index in [4.69, 9.17) is 16.3 Å². The molecule has 0 aliphatic carbocycles. The van der Waals surface area contributed by atoms with Gasteiger partial charge in [-0.25, -0.2) is 0 Å². The maximum atomic E-state index is 12.6. The molecule has 0 spiro atoms. The molecule has 6 heteroatoms. The fourth-order valence-electron chi connectivity index (χ4n) is 2.88. The van der Waals surface area contributed by atoms with Crippen molar-refractivity contribution in [1.82, 2.24) is 9.78 Å². The van der Waals surface area contributed by atoms with Crippen molar-refractivity contribution in [2.75, 3.05) is 5.32 Å². The third kappa shape index (κ3) is 4.31. The first-order valence-corrected chi connectivity index (χ1v) is 9.02. The number of carbonyl (C=O) groups excluding carboxylic acids is 1. The van der Waals surface area contributed by atoms with Crippen LogP contribution in [0.5, 0.6) is 5.75 Å². The molecule has 0 radical (unpaired) electrons. The SMILES string of the molecule is Cc1cc(Cl)ccc1OCc1cccc(C(=O)Nc2c(C)nn(C)c2C)c1. The van der Waals surface area contributed by atoms with E-state index in [0.29, 0.717) is 17.2 Å². The number of aromatic nitrogens is 2. The van der Waals surface area contributed by atoms with E-state index in [9.17, 15) is 4.79 Å². The van der Waals surface area contributed by atoms with Crippen LogP contribution < -0.4 is 10.1 Å². The lowest BCUT2D eigenvalue weighted by atomic mass is 10.1. The molecule has 0 fully saturated rings. The molecule has 1 aromatic heterocycles. The van der Waals surface area contributed by atoms with Gasteiger partial charge in [0.25, 0.3) is 5.91 Å². The van der Waals surface area contributed by atoms with Crippen LogP contribution in [0.2, 0.25) is 5.02 Å². The Labute approximate surface area is 163 Å². The molecule has 0 aliphatic rings. The number of nitrogens with one attached hydrogen (secondary N) is 1. The largest absolute Gasteiger partial charge is 0.489 e. The van der Waals surface area contributed by atoms with Crippen LogP contribution in [0.4, 0.5) is 5.69 Å². The summed E-state index contributed by atoms with van der Waals surface area (Å²) < 4.78 is 7.62. The van der Waals surface area contributed by atoms with Gasteiger partial charge in [-0.15, -0.1) is 0 Å². The molecule has 1 N–H and O–H groups in total. The van der Waals surface area contributed by atoms with Crippen molar-refractivity contribution in [3.63, 3.8) is 0 Å². The molecule has 1 heterocycles. The molecule has 1 amide bonds. The van der Waals surface area contributed by atoms with E-state index in [2.05, 4.69) is 10.4 Å². The molecule has 3 rings (SSSR count). The van der Waals surface area contributed by atoms with Crippen molar-refractivity contribution in [3.8, 4) is 5.75 Å². The third-order valence-electron chi connectivity index (χ3n) is 4.47. The van der Waals surface area contributed by atoms with Crippen LogP contribution in [0.25, 0.3) is 0 Å². The van der Waals surface area contributed by atoms with Crippen molar-refractivity contribution in [1.29, 1.82) is 0 Å². The first-order chi connectivity index (χ1) is 12.8. The highest BCUT2D eigenvalue weighted by Crippen LogP contribution is 2.23. The van der Waals surface area contributed by atoms with Gasteiger partial charge < -0.3 is 10.1 Å². The minimum Gasteiger partial charge on any atom is -0.489 e. The van der Waals surface area contributed by atoms with Crippen LogP contribution in [-0.2, 0) is 13.7 Å². The summed E-state index contributed by atoms with van der Waals surface area (Å²) in [5, 5.41) is 7.96. The number of ether oxygens (including phenoxy) is 1. The van der Waals surface area contributed by atoms with Crippen LogP contribution >= 0.6 is 11.6 Å². The average Bonchev–Trinajstić information content (AvgIpc) is 2.87. The minimum absolute atomic E-state index is 0.168. The van der Waals surface area contributed by atoms with Gasteiger partial charge in [-0.2, -0.15) is 5.10 Å². The molecular formula is C21H22ClN3O2. The molecule has 0 unspecified atom stereocenters. The van der Waals surface area contributed by atoms with Crippen molar-refractivity contribution >= 4 is 23.2 Å². The number of aryl methyl sites for hydroxylation is 3. The number of anilines is 1. The zero-order valence-electron chi connectivity index (χ0n) is 15.8. The van der Waals surface area contributed by atoms with Crippen LogP contribution in [0.3, 0.4) is 0 Å². The van der Waals surface area contributed by atoms with Gasteiger partial charge in [-0.3, -0.25) is 9.48 Å². The monoisotopic (exact) mass is 383 g/mol. The van der Waals surface area contributed by atoms with Crippen LogP contribution in [0.15, 0.2) is 42.5 Å². The van der Waals surface area contributed by atoms with Crippen molar-refractivity contribution in [2.24, 2.45) is 7.05 Å². The quantitative estimate of drug-likeness (QED) is 0.686. The van der Waals surface area contributed by atoms with E-state index in [-0.39, 0.29) is 5.91 Å². The Hall–Kier alpha value is -2.79. The lowest BCUT2D eigenvalue weighted by Crippen LogP contribution is -2.13. The van der Waals surface area contributed by atoms with Gasteiger partial charge in [0.1, 0.15) is 12.4 Å². The third-order valence-corrected chi connectivity index (χ3v) is 4.70. The lowest BCUT2D eigenvalue weighted by Gasteiger charge is -2.11. The molecule has 0 aliphatic heterocycles. The van der Waals surface area contributed by atoms with E-state index in [1.165, 1.54) is 0 Å². The van der Waals surface area contributed by atoms with Crippen LogP contribution in [0.1, 0.15) is 32.9 Å². The number of benzene rings is 2. The van der Waals surface area contributed by atoms with Crippen molar-refractivity contribution in [2.45, 2.75) is 27.4 Å². The number of nitrogens with zero attached hydrogens (tertiary/aromatic N) is 2. The van der Waals surface area contributed by atoms with Crippen LogP contribution in [0, 0.1) is 20.8 Å². The highest BCUT2D eigenvalue weighted by atomic mass is 35.5. The Bertz CT molecular complexity index is 995. The summed E-state index contributed by atoms with van der Waals surface area (Å²) in [7, 11) is 1.86. The summed E-state index contributed by atoms with van der Waals surface area (Å²) in [5.74, 6) is 0.606. The highest BCUT2D eigenvalue weighted by molar-refractivity contribution is 6.30. The van der Waals surface area contributed by atoms with Gasteiger partial charge in [0.05, 0.1) is 17.1 Å². The molecule has 140 valence electrons. The number of amides is 1. The average molecular weight is 384 g/mol. The molecule has 0 atom stereocenters. The predicted octanol–water partition coefficient (Wildman–Crippen LogP) is 4.83. The summed E-state index contributed by atoms with van der Waals surface area (Å²) in [6.07, 6.45) is 0. The van der Waals surface area contributed by atoms with E-state index in [1.54, 1.807) is 16.8 Å². The normalized spacial score (nSPS) is 10.7. The summed E-state index contributed by atoms with van der Waals surface area (Å²) in [4.78, 5) is 12.6. The summed E-state index contributed by atoms with van der Waals surface area (Å²) in [6.45, 7) is 6.12. The van der Waals surface area contributed by atoms with E-state index >= 15 is 0 Å². The smallest absolute Gasteiger partial charge is 0.255 e. The number of hydrogen-bond donors (Lipinski definition) is 1. The molecule has 0 saturated carbocycles. The Morgan fingerprint density at radius 3 is 2.63 bits per heavy atom. The first kappa shape index (κ1) is 19.0. The number of rotatable bonds is 5. The van der Waals surface area contributed by atoms with Crippen molar-refractivity contribution < 1.29 is 9.53 Å². The summed E-state index contributed by atoms with van der Waals surface area (Å²) >= 11 is 5.97. The van der Waals surface area contributed by atoms with Gasteiger partial charge in [-0.1, -0.05) is 23.7 Å². The Kier molecular flexibility index (Phi) is 5.51. The summed E-state index contributed by atoms with van der Waals surface area (Å²) in [6, 6.07) is 12.9. The molecule has 0 bridgehead atoms. The van der Waals surface area contributed by atoms with Gasteiger partial charge in [0, 0.05) is 17.6 Å². The van der Waals surface area contributed by atoms with E-state index < -0.39 is 0 Å². The highest BCUT2D eigenvalue weighted by Gasteiger charge is 2.14. The maximum absolute atomic E-state index is 12.6. The first-order valence-electron chi connectivity index (χ1n) is 8.64. The maximum Gasteiger partial charge on any atom is 0.255 e. The second-order valence-electron chi connectivity index (χ2n) is 6.52. The summed E-state index contributed by atoms with van der Waals surface area (Å²) in [5.41, 5.74) is 4.92. The lowest BCUT2D eigenvalue weighted by molar-refractivity contribution is 0.102. The Balaban J connectivity index is 1.72. The topological polar surface area (TPSA) is 56.1 Å². The number of hydrogen-bond acceptors (Lipinski definition) is 3. The fourth-order valence-corrected chi connectivity index (χ4v) is 3.11. The number of carbonyl (C=O) groups is 1. The van der Waals surface area contributed by atoms with E-state index in [1.807, 2.05) is 58.2 Å². The zero-order valence-corrected chi connectivity index (χ0v) is 16.6. The van der Waals surface area contributed by atoms with Gasteiger partial charge in [-0.05, 0) is 62.2 Å². The predicted molar refractivity (Wildman–Crippen MR) is 108 cm³/mol. The Morgan fingerprint density at radius 1 is 1.19 bits per heavy atom. The van der Waals surface area contributed by atoms with Gasteiger partial charge >= 0.3 is 0 Å². The molecular weight excluding hydrogens is 362 g/mol. The second kappa shape index (κ2) is 7.84. The molecule has 0 saturated heterocycles. The zero-order chi connectivity index (χ0) is 19.6. The molecule has 3 aromatic rings. The number of halogens is 1. The minimum atomic E-state index is -0.168. The molecule has 5 nitrogen and oxygen atoms in total.